The molecule has 0 saturated heterocycles. The maximum atomic E-state index is 12.1. The van der Waals surface area contributed by atoms with E-state index in [1.54, 1.807) is 24.7 Å². The topological polar surface area (TPSA) is 73.0 Å². The number of aryl methyl sites for hydroxylation is 3. The van der Waals surface area contributed by atoms with E-state index >= 15 is 0 Å². The highest BCUT2D eigenvalue weighted by Crippen LogP contribution is 2.23. The highest BCUT2D eigenvalue weighted by Gasteiger charge is 2.13. The fourth-order valence-corrected chi connectivity index (χ4v) is 2.54. The van der Waals surface area contributed by atoms with Gasteiger partial charge in [-0.1, -0.05) is 22.8 Å². The molecule has 0 saturated carbocycles. The number of nitrogens with zero attached hydrogens (tertiary/aromatic N) is 3. The number of hydrogen-bond acceptors (Lipinski definition) is 4. The standard InChI is InChI=1S/C15H15ClN4O2/c1-9-15(10(2)22-19-9)18-14(21)6-7-20-13-5-3-4-12(16)11(13)8-17-20/h3-5,8H,6-7H2,1-2H3,(H,18,21). The van der Waals surface area contributed by atoms with E-state index < -0.39 is 0 Å². The Morgan fingerprint density at radius 1 is 1.41 bits per heavy atom. The molecule has 0 bridgehead atoms. The fourth-order valence-electron chi connectivity index (χ4n) is 2.32. The number of rotatable bonds is 4. The second-order valence-electron chi connectivity index (χ2n) is 5.04. The Bertz CT molecular complexity index is 818. The molecule has 0 aliphatic heterocycles. The van der Waals surface area contributed by atoms with Gasteiger partial charge in [0.2, 0.25) is 5.91 Å². The third-order valence-electron chi connectivity index (χ3n) is 3.48. The Morgan fingerprint density at radius 3 is 2.95 bits per heavy atom. The van der Waals surface area contributed by atoms with Crippen LogP contribution in [0.3, 0.4) is 0 Å². The molecule has 2 heterocycles. The normalized spacial score (nSPS) is 11.0. The first kappa shape index (κ1) is 14.6. The number of aromatic nitrogens is 3. The van der Waals surface area contributed by atoms with Crippen molar-refractivity contribution in [3.05, 3.63) is 40.9 Å². The summed E-state index contributed by atoms with van der Waals surface area (Å²) in [5.41, 5.74) is 2.22. The number of amides is 1. The fraction of sp³-hybridized carbons (Fsp3) is 0.267. The molecule has 1 amide bonds. The van der Waals surface area contributed by atoms with Gasteiger partial charge >= 0.3 is 0 Å². The molecule has 1 N–H and O–H groups in total. The van der Waals surface area contributed by atoms with Crippen LogP contribution in [0.5, 0.6) is 0 Å². The number of hydrogen-bond donors (Lipinski definition) is 1. The van der Waals surface area contributed by atoms with Crippen molar-refractivity contribution in [2.45, 2.75) is 26.8 Å². The Morgan fingerprint density at radius 2 is 2.23 bits per heavy atom. The van der Waals surface area contributed by atoms with Gasteiger partial charge in [-0.2, -0.15) is 5.10 Å². The van der Waals surface area contributed by atoms with E-state index in [9.17, 15) is 4.79 Å². The van der Waals surface area contributed by atoms with E-state index in [0.717, 1.165) is 10.9 Å². The summed E-state index contributed by atoms with van der Waals surface area (Å²) in [5.74, 6) is 0.488. The predicted octanol–water partition coefficient (Wildman–Crippen LogP) is 3.32. The van der Waals surface area contributed by atoms with E-state index in [-0.39, 0.29) is 5.91 Å². The molecule has 0 aliphatic rings. The number of halogens is 1. The Balaban J connectivity index is 1.69. The zero-order chi connectivity index (χ0) is 15.7. The molecule has 2 aromatic heterocycles. The molecule has 0 fully saturated rings. The van der Waals surface area contributed by atoms with Gasteiger partial charge in [-0.3, -0.25) is 9.48 Å². The lowest BCUT2D eigenvalue weighted by Crippen LogP contribution is -2.15. The zero-order valence-electron chi connectivity index (χ0n) is 12.3. The van der Waals surface area contributed by atoms with Crippen LogP contribution >= 0.6 is 11.6 Å². The van der Waals surface area contributed by atoms with Gasteiger partial charge in [0.25, 0.3) is 0 Å². The molecular formula is C15H15ClN4O2. The Hall–Kier alpha value is -2.34. The maximum Gasteiger partial charge on any atom is 0.226 e. The number of nitrogens with one attached hydrogen (secondary N) is 1. The first-order valence-corrected chi connectivity index (χ1v) is 7.27. The van der Waals surface area contributed by atoms with Gasteiger partial charge in [0.1, 0.15) is 11.4 Å². The Labute approximate surface area is 132 Å². The molecule has 0 radical (unpaired) electrons. The van der Waals surface area contributed by atoms with Crippen LogP contribution in [0.1, 0.15) is 17.9 Å². The SMILES string of the molecule is Cc1noc(C)c1NC(=O)CCn1ncc2c(Cl)cccc21. The number of anilines is 1. The number of carbonyl (C=O) groups is 1. The van der Waals surface area contributed by atoms with Crippen molar-refractivity contribution < 1.29 is 9.32 Å². The highest BCUT2D eigenvalue weighted by atomic mass is 35.5. The van der Waals surface area contributed by atoms with E-state index in [1.165, 1.54) is 0 Å². The first-order chi connectivity index (χ1) is 10.6. The van der Waals surface area contributed by atoms with Crippen molar-refractivity contribution >= 4 is 34.1 Å². The molecule has 0 unspecified atom stereocenters. The van der Waals surface area contributed by atoms with Crippen molar-refractivity contribution in [2.75, 3.05) is 5.32 Å². The highest BCUT2D eigenvalue weighted by molar-refractivity contribution is 6.35. The minimum atomic E-state index is -0.111. The van der Waals surface area contributed by atoms with Crippen LogP contribution in [0.15, 0.2) is 28.9 Å². The van der Waals surface area contributed by atoms with Crippen LogP contribution < -0.4 is 5.32 Å². The van der Waals surface area contributed by atoms with E-state index in [0.29, 0.717) is 35.1 Å². The summed E-state index contributed by atoms with van der Waals surface area (Å²) in [6.45, 7) is 4.02. The number of benzene rings is 1. The smallest absolute Gasteiger partial charge is 0.226 e. The second-order valence-corrected chi connectivity index (χ2v) is 5.44. The monoisotopic (exact) mass is 318 g/mol. The lowest BCUT2D eigenvalue weighted by molar-refractivity contribution is -0.116. The van der Waals surface area contributed by atoms with Crippen molar-refractivity contribution in [3.63, 3.8) is 0 Å². The number of fused-ring (bicyclic) bond motifs is 1. The van der Waals surface area contributed by atoms with Gasteiger partial charge < -0.3 is 9.84 Å². The summed E-state index contributed by atoms with van der Waals surface area (Å²) in [5, 5.41) is 12.4. The molecule has 3 aromatic rings. The summed E-state index contributed by atoms with van der Waals surface area (Å²) in [7, 11) is 0. The average Bonchev–Trinajstić information content (AvgIpc) is 3.04. The van der Waals surface area contributed by atoms with Crippen molar-refractivity contribution in [2.24, 2.45) is 0 Å². The van der Waals surface area contributed by atoms with Crippen LogP contribution in [0, 0.1) is 13.8 Å². The molecule has 0 atom stereocenters. The third kappa shape index (κ3) is 2.69. The molecule has 7 heteroatoms. The Kier molecular flexibility index (Phi) is 3.85. The first-order valence-electron chi connectivity index (χ1n) is 6.89. The van der Waals surface area contributed by atoms with Gasteiger partial charge in [-0.25, -0.2) is 0 Å². The third-order valence-corrected chi connectivity index (χ3v) is 3.81. The van der Waals surface area contributed by atoms with Gasteiger partial charge in [0, 0.05) is 11.8 Å². The van der Waals surface area contributed by atoms with Crippen LogP contribution in [-0.4, -0.2) is 20.8 Å². The van der Waals surface area contributed by atoms with E-state index in [1.807, 2.05) is 18.2 Å². The second kappa shape index (κ2) is 5.81. The summed E-state index contributed by atoms with van der Waals surface area (Å²) in [6, 6.07) is 5.62. The van der Waals surface area contributed by atoms with Gasteiger partial charge in [0.15, 0.2) is 5.76 Å². The van der Waals surface area contributed by atoms with Crippen molar-refractivity contribution in [1.29, 1.82) is 0 Å². The van der Waals surface area contributed by atoms with E-state index in [2.05, 4.69) is 15.6 Å². The zero-order valence-corrected chi connectivity index (χ0v) is 13.0. The summed E-state index contributed by atoms with van der Waals surface area (Å²) >= 11 is 6.11. The molecule has 3 rings (SSSR count). The lowest BCUT2D eigenvalue weighted by Gasteiger charge is -2.06. The van der Waals surface area contributed by atoms with Crippen LogP contribution in [0.4, 0.5) is 5.69 Å². The average molecular weight is 319 g/mol. The van der Waals surface area contributed by atoms with Gasteiger partial charge in [-0.05, 0) is 26.0 Å². The van der Waals surface area contributed by atoms with Crippen molar-refractivity contribution in [1.82, 2.24) is 14.9 Å². The van der Waals surface area contributed by atoms with Gasteiger partial charge in [-0.15, -0.1) is 0 Å². The van der Waals surface area contributed by atoms with E-state index in [4.69, 9.17) is 16.1 Å². The van der Waals surface area contributed by atoms with Crippen molar-refractivity contribution in [3.8, 4) is 0 Å². The predicted molar refractivity (Wildman–Crippen MR) is 84.0 cm³/mol. The summed E-state index contributed by atoms with van der Waals surface area (Å²) in [6.07, 6.45) is 2.01. The molecule has 0 spiro atoms. The molecule has 114 valence electrons. The van der Waals surface area contributed by atoms with Crippen LogP contribution in [0.25, 0.3) is 10.9 Å². The maximum absolute atomic E-state index is 12.1. The number of carbonyl (C=O) groups excluding carboxylic acids is 1. The quantitative estimate of drug-likeness (QED) is 0.801. The largest absolute Gasteiger partial charge is 0.359 e. The minimum Gasteiger partial charge on any atom is -0.359 e. The molecule has 1 aromatic carbocycles. The van der Waals surface area contributed by atoms with Crippen LogP contribution in [0.2, 0.25) is 5.02 Å². The summed E-state index contributed by atoms with van der Waals surface area (Å²) < 4.78 is 6.79. The van der Waals surface area contributed by atoms with Crippen LogP contribution in [-0.2, 0) is 11.3 Å². The lowest BCUT2D eigenvalue weighted by atomic mass is 10.2. The van der Waals surface area contributed by atoms with Gasteiger partial charge in [0.05, 0.1) is 23.3 Å². The minimum absolute atomic E-state index is 0.111. The molecule has 0 aliphatic carbocycles. The summed E-state index contributed by atoms with van der Waals surface area (Å²) in [4.78, 5) is 12.1. The molecule has 22 heavy (non-hydrogen) atoms. The molecular weight excluding hydrogens is 304 g/mol. The molecule has 6 nitrogen and oxygen atoms in total.